The van der Waals surface area contributed by atoms with Crippen molar-refractivity contribution in [3.63, 3.8) is 0 Å². The molecule has 17 heavy (non-hydrogen) atoms. The molecule has 0 aromatic carbocycles. The number of amides is 1. The van der Waals surface area contributed by atoms with Crippen molar-refractivity contribution >= 4 is 17.5 Å². The van der Waals surface area contributed by atoms with Crippen LogP contribution in [-0.2, 0) is 11.3 Å². The van der Waals surface area contributed by atoms with Gasteiger partial charge in [0.1, 0.15) is 0 Å². The third-order valence-corrected chi connectivity index (χ3v) is 3.28. The summed E-state index contributed by atoms with van der Waals surface area (Å²) in [6.07, 6.45) is 6.17. The summed E-state index contributed by atoms with van der Waals surface area (Å²) >= 11 is 5.78. The van der Waals surface area contributed by atoms with E-state index in [-0.39, 0.29) is 5.91 Å². The summed E-state index contributed by atoms with van der Waals surface area (Å²) in [5, 5.41) is 7.97. The van der Waals surface area contributed by atoms with Gasteiger partial charge in [0.15, 0.2) is 0 Å². The van der Waals surface area contributed by atoms with Gasteiger partial charge in [0, 0.05) is 18.8 Å². The van der Waals surface area contributed by atoms with Gasteiger partial charge in [-0.1, -0.05) is 11.6 Å². The van der Waals surface area contributed by atoms with E-state index < -0.39 is 5.54 Å². The van der Waals surface area contributed by atoms with Gasteiger partial charge in [-0.25, -0.2) is 0 Å². The SMILES string of the molecule is CC(CCn1cc(Cl)cn1)(NC1CC1)C(N)=O. The fourth-order valence-corrected chi connectivity index (χ4v) is 1.90. The van der Waals surface area contributed by atoms with E-state index in [0.717, 1.165) is 12.8 Å². The maximum atomic E-state index is 11.5. The molecule has 0 aliphatic heterocycles. The number of nitrogens with one attached hydrogen (secondary N) is 1. The molecule has 2 rings (SSSR count). The Hall–Kier alpha value is -1.07. The molecule has 1 fully saturated rings. The fraction of sp³-hybridized carbons (Fsp3) is 0.636. The largest absolute Gasteiger partial charge is 0.368 e. The van der Waals surface area contributed by atoms with Crippen LogP contribution in [0.2, 0.25) is 5.02 Å². The molecule has 1 aromatic rings. The van der Waals surface area contributed by atoms with Crippen LogP contribution in [0.4, 0.5) is 0 Å². The molecule has 1 atom stereocenters. The van der Waals surface area contributed by atoms with Crippen molar-refractivity contribution in [2.45, 2.75) is 44.3 Å². The summed E-state index contributed by atoms with van der Waals surface area (Å²) in [6.45, 7) is 2.46. The van der Waals surface area contributed by atoms with Crippen LogP contribution in [0.1, 0.15) is 26.2 Å². The predicted molar refractivity (Wildman–Crippen MR) is 65.6 cm³/mol. The van der Waals surface area contributed by atoms with E-state index in [9.17, 15) is 4.79 Å². The van der Waals surface area contributed by atoms with Gasteiger partial charge in [-0.05, 0) is 26.2 Å². The van der Waals surface area contributed by atoms with Gasteiger partial charge in [-0.2, -0.15) is 5.10 Å². The lowest BCUT2D eigenvalue weighted by molar-refractivity contribution is -0.124. The zero-order valence-electron chi connectivity index (χ0n) is 9.82. The standard InChI is InChI=1S/C11H17ClN4O/c1-11(10(13)17,15-9-2-3-9)4-5-16-7-8(12)6-14-16/h6-7,9,15H,2-5H2,1H3,(H2,13,17). The molecule has 1 heterocycles. The van der Waals surface area contributed by atoms with Gasteiger partial charge in [-0.3, -0.25) is 9.48 Å². The summed E-state index contributed by atoms with van der Waals surface area (Å²) in [7, 11) is 0. The van der Waals surface area contributed by atoms with E-state index in [2.05, 4.69) is 10.4 Å². The average molecular weight is 257 g/mol. The Kier molecular flexibility index (Phi) is 3.40. The number of rotatable bonds is 6. The zero-order chi connectivity index (χ0) is 12.5. The van der Waals surface area contributed by atoms with Crippen molar-refractivity contribution < 1.29 is 4.79 Å². The summed E-state index contributed by atoms with van der Waals surface area (Å²) < 4.78 is 1.72. The predicted octanol–water partition coefficient (Wildman–Crippen LogP) is 0.923. The van der Waals surface area contributed by atoms with Crippen LogP contribution in [0.25, 0.3) is 0 Å². The van der Waals surface area contributed by atoms with E-state index in [4.69, 9.17) is 17.3 Å². The normalized spacial score (nSPS) is 18.9. The summed E-state index contributed by atoms with van der Waals surface area (Å²) in [5.74, 6) is -0.317. The summed E-state index contributed by atoms with van der Waals surface area (Å²) in [6, 6.07) is 0.439. The van der Waals surface area contributed by atoms with E-state index >= 15 is 0 Å². The highest BCUT2D eigenvalue weighted by molar-refractivity contribution is 6.30. The zero-order valence-corrected chi connectivity index (χ0v) is 10.6. The lowest BCUT2D eigenvalue weighted by Gasteiger charge is -2.27. The summed E-state index contributed by atoms with van der Waals surface area (Å²) in [4.78, 5) is 11.5. The molecule has 1 aromatic heterocycles. The topological polar surface area (TPSA) is 72.9 Å². The Balaban J connectivity index is 1.95. The Labute approximate surface area is 105 Å². The first-order valence-electron chi connectivity index (χ1n) is 5.75. The Morgan fingerprint density at radius 2 is 2.47 bits per heavy atom. The average Bonchev–Trinajstić information content (AvgIpc) is 2.96. The van der Waals surface area contributed by atoms with Crippen molar-refractivity contribution in [2.24, 2.45) is 5.73 Å². The number of halogens is 1. The van der Waals surface area contributed by atoms with Crippen LogP contribution in [0.15, 0.2) is 12.4 Å². The maximum absolute atomic E-state index is 11.5. The Morgan fingerprint density at radius 1 is 1.76 bits per heavy atom. The van der Waals surface area contributed by atoms with E-state index in [1.165, 1.54) is 0 Å². The molecule has 3 N–H and O–H groups in total. The molecule has 1 saturated carbocycles. The minimum Gasteiger partial charge on any atom is -0.368 e. The second kappa shape index (κ2) is 4.66. The van der Waals surface area contributed by atoms with Crippen molar-refractivity contribution in [3.8, 4) is 0 Å². The van der Waals surface area contributed by atoms with E-state index in [1.54, 1.807) is 17.1 Å². The van der Waals surface area contributed by atoms with Crippen LogP contribution >= 0.6 is 11.6 Å². The second-order valence-corrected chi connectivity index (χ2v) is 5.22. The molecule has 1 aliphatic carbocycles. The molecule has 5 nitrogen and oxygen atoms in total. The van der Waals surface area contributed by atoms with Crippen molar-refractivity contribution in [2.75, 3.05) is 0 Å². The smallest absolute Gasteiger partial charge is 0.237 e. The number of nitrogens with two attached hydrogens (primary N) is 1. The maximum Gasteiger partial charge on any atom is 0.237 e. The van der Waals surface area contributed by atoms with E-state index in [1.807, 2.05) is 6.92 Å². The molecule has 94 valence electrons. The first-order chi connectivity index (χ1) is 7.99. The minimum absolute atomic E-state index is 0.317. The van der Waals surface area contributed by atoms with Gasteiger partial charge in [0.2, 0.25) is 5.91 Å². The van der Waals surface area contributed by atoms with Gasteiger partial charge >= 0.3 is 0 Å². The fourth-order valence-electron chi connectivity index (χ4n) is 1.74. The molecule has 0 radical (unpaired) electrons. The highest BCUT2D eigenvalue weighted by Gasteiger charge is 2.36. The molecule has 1 amide bonds. The number of hydrogen-bond acceptors (Lipinski definition) is 3. The monoisotopic (exact) mass is 256 g/mol. The van der Waals surface area contributed by atoms with Crippen LogP contribution in [0.3, 0.4) is 0 Å². The number of primary amides is 1. The molecule has 1 unspecified atom stereocenters. The van der Waals surface area contributed by atoms with Crippen molar-refractivity contribution in [1.82, 2.24) is 15.1 Å². The molecular formula is C11H17ClN4O. The first-order valence-corrected chi connectivity index (χ1v) is 6.13. The van der Waals surface area contributed by atoms with E-state index in [0.29, 0.717) is 24.0 Å². The molecule has 6 heteroatoms. The number of hydrogen-bond donors (Lipinski definition) is 2. The summed E-state index contributed by atoms with van der Waals surface area (Å²) in [5.41, 5.74) is 4.79. The Morgan fingerprint density at radius 3 is 2.94 bits per heavy atom. The van der Waals surface area contributed by atoms with Crippen LogP contribution in [-0.4, -0.2) is 27.3 Å². The third-order valence-electron chi connectivity index (χ3n) is 3.09. The number of nitrogens with zero attached hydrogens (tertiary/aromatic N) is 2. The molecule has 0 spiro atoms. The van der Waals surface area contributed by atoms with Crippen LogP contribution in [0, 0.1) is 0 Å². The Bertz CT molecular complexity index is 415. The first kappa shape index (κ1) is 12.4. The van der Waals surface area contributed by atoms with Crippen LogP contribution in [0.5, 0.6) is 0 Å². The number of carbonyl (C=O) groups is 1. The van der Waals surface area contributed by atoms with Gasteiger partial charge < -0.3 is 11.1 Å². The number of aromatic nitrogens is 2. The molecular weight excluding hydrogens is 240 g/mol. The molecule has 1 aliphatic rings. The number of carbonyl (C=O) groups excluding carboxylic acids is 1. The number of aryl methyl sites for hydroxylation is 1. The highest BCUT2D eigenvalue weighted by Crippen LogP contribution is 2.24. The van der Waals surface area contributed by atoms with Gasteiger partial charge in [-0.15, -0.1) is 0 Å². The second-order valence-electron chi connectivity index (χ2n) is 4.79. The lowest BCUT2D eigenvalue weighted by atomic mass is 9.96. The van der Waals surface area contributed by atoms with Crippen molar-refractivity contribution in [3.05, 3.63) is 17.4 Å². The highest BCUT2D eigenvalue weighted by atomic mass is 35.5. The quantitative estimate of drug-likeness (QED) is 0.795. The van der Waals surface area contributed by atoms with Gasteiger partial charge in [0.05, 0.1) is 16.8 Å². The lowest BCUT2D eigenvalue weighted by Crippen LogP contribution is -2.54. The minimum atomic E-state index is -0.667. The van der Waals surface area contributed by atoms with Gasteiger partial charge in [0.25, 0.3) is 0 Å². The van der Waals surface area contributed by atoms with Crippen LogP contribution < -0.4 is 11.1 Å². The van der Waals surface area contributed by atoms with Crippen molar-refractivity contribution in [1.29, 1.82) is 0 Å². The molecule has 0 bridgehead atoms. The molecule has 0 saturated heterocycles. The third kappa shape index (κ3) is 3.20.